The number of nitrogens with two attached hydrogens (primary N) is 1. The van der Waals surface area contributed by atoms with Gasteiger partial charge in [0.05, 0.1) is 6.04 Å². The van der Waals surface area contributed by atoms with Crippen LogP contribution in [0.2, 0.25) is 0 Å². The lowest BCUT2D eigenvalue weighted by atomic mass is 9.86. The summed E-state index contributed by atoms with van der Waals surface area (Å²) in [6.45, 7) is 8.98. The van der Waals surface area contributed by atoms with Crippen molar-refractivity contribution in [3.8, 4) is 0 Å². The van der Waals surface area contributed by atoms with Crippen LogP contribution in [0.25, 0.3) is 0 Å². The quantitative estimate of drug-likeness (QED) is 0.810. The van der Waals surface area contributed by atoms with Gasteiger partial charge in [0.1, 0.15) is 5.82 Å². The fourth-order valence-corrected chi connectivity index (χ4v) is 2.70. The van der Waals surface area contributed by atoms with Gasteiger partial charge in [-0.05, 0) is 36.8 Å². The van der Waals surface area contributed by atoms with Gasteiger partial charge in [0.2, 0.25) is 11.8 Å². The lowest BCUT2D eigenvalue weighted by Gasteiger charge is -2.36. The Kier molecular flexibility index (Phi) is 9.56. The molecule has 1 aromatic heterocycles. The predicted octanol–water partition coefficient (Wildman–Crippen LogP) is 2.78. The molecule has 0 aromatic carbocycles. The number of hydrogen-bond acceptors (Lipinski definition) is 4. The van der Waals surface area contributed by atoms with Gasteiger partial charge in [-0.1, -0.05) is 26.8 Å². The standard InChI is InChI=1S/C18H28N4O2.2ClH/c1-12-5-6-14(20-11-12)21-16(23)13-7-9-22(10-8-13)17(24)15(19)18(2,3)4;;/h5-6,11,13,15H,7-10,19H2,1-4H3,(H,20,21,23);2*1H/t15-;;/m1../s1. The number of hydrogen-bond donors (Lipinski definition) is 2. The highest BCUT2D eigenvalue weighted by atomic mass is 35.5. The van der Waals surface area contributed by atoms with Gasteiger partial charge in [-0.25, -0.2) is 4.98 Å². The van der Waals surface area contributed by atoms with Crippen LogP contribution in [-0.4, -0.2) is 40.8 Å². The lowest BCUT2D eigenvalue weighted by molar-refractivity contribution is -0.137. The van der Waals surface area contributed by atoms with Gasteiger partial charge in [-0.2, -0.15) is 0 Å². The van der Waals surface area contributed by atoms with Crippen LogP contribution in [-0.2, 0) is 9.59 Å². The van der Waals surface area contributed by atoms with Crippen molar-refractivity contribution in [2.45, 2.75) is 46.6 Å². The second kappa shape index (κ2) is 10.1. The molecule has 2 rings (SSSR count). The van der Waals surface area contributed by atoms with Gasteiger partial charge < -0.3 is 16.0 Å². The molecule has 148 valence electrons. The van der Waals surface area contributed by atoms with Gasteiger partial charge in [0, 0.05) is 25.2 Å². The Morgan fingerprint density at radius 1 is 1.23 bits per heavy atom. The monoisotopic (exact) mass is 404 g/mol. The molecule has 0 unspecified atom stereocenters. The average Bonchev–Trinajstić information content (AvgIpc) is 2.55. The molecule has 1 aromatic rings. The molecule has 3 N–H and O–H groups in total. The molecule has 0 radical (unpaired) electrons. The number of carbonyl (C=O) groups excluding carboxylic acids is 2. The van der Waals surface area contributed by atoms with Crippen molar-refractivity contribution in [3.05, 3.63) is 23.9 Å². The predicted molar refractivity (Wildman–Crippen MR) is 109 cm³/mol. The Hall–Kier alpha value is -1.37. The van der Waals surface area contributed by atoms with E-state index >= 15 is 0 Å². The molecule has 2 amide bonds. The first-order chi connectivity index (χ1) is 11.2. The number of carbonyl (C=O) groups is 2. The number of pyridine rings is 1. The van der Waals surface area contributed by atoms with Crippen molar-refractivity contribution in [1.82, 2.24) is 9.88 Å². The maximum atomic E-state index is 12.4. The molecule has 0 aliphatic carbocycles. The zero-order valence-corrected chi connectivity index (χ0v) is 17.5. The molecule has 6 nitrogen and oxygen atoms in total. The second-order valence-electron chi connectivity index (χ2n) is 7.65. The maximum absolute atomic E-state index is 12.4. The van der Waals surface area contributed by atoms with Gasteiger partial charge in [-0.3, -0.25) is 9.59 Å². The number of likely N-dealkylation sites (tertiary alicyclic amines) is 1. The topological polar surface area (TPSA) is 88.3 Å². The van der Waals surface area contributed by atoms with Gasteiger partial charge in [0.15, 0.2) is 0 Å². The Labute approximate surface area is 168 Å². The molecule has 8 heteroatoms. The highest BCUT2D eigenvalue weighted by molar-refractivity contribution is 5.92. The highest BCUT2D eigenvalue weighted by Crippen LogP contribution is 2.23. The SMILES string of the molecule is Cc1ccc(NC(=O)C2CCN(C(=O)[C@@H](N)C(C)(C)C)CC2)nc1.Cl.Cl. The van der Waals surface area contributed by atoms with Crippen LogP contribution in [0.15, 0.2) is 18.3 Å². The second-order valence-corrected chi connectivity index (χ2v) is 7.65. The molecule has 1 saturated heterocycles. The van der Waals surface area contributed by atoms with E-state index in [0.29, 0.717) is 31.7 Å². The number of aromatic nitrogens is 1. The molecule has 1 fully saturated rings. The number of piperidine rings is 1. The van der Waals surface area contributed by atoms with E-state index in [0.717, 1.165) is 5.56 Å². The van der Waals surface area contributed by atoms with Crippen LogP contribution >= 0.6 is 24.8 Å². The van der Waals surface area contributed by atoms with Gasteiger partial charge in [-0.15, -0.1) is 24.8 Å². The number of rotatable bonds is 3. The maximum Gasteiger partial charge on any atom is 0.240 e. The molecular formula is C18H30Cl2N4O2. The van der Waals surface area contributed by atoms with E-state index in [1.165, 1.54) is 0 Å². The molecular weight excluding hydrogens is 375 g/mol. The summed E-state index contributed by atoms with van der Waals surface area (Å²) in [4.78, 5) is 30.8. The van der Waals surface area contributed by atoms with Crippen molar-refractivity contribution >= 4 is 42.4 Å². The van der Waals surface area contributed by atoms with Crippen LogP contribution < -0.4 is 11.1 Å². The zero-order valence-electron chi connectivity index (χ0n) is 15.8. The number of aryl methyl sites for hydroxylation is 1. The van der Waals surface area contributed by atoms with E-state index in [4.69, 9.17) is 5.73 Å². The minimum atomic E-state index is -0.514. The van der Waals surface area contributed by atoms with Crippen LogP contribution in [0.1, 0.15) is 39.2 Å². The fraction of sp³-hybridized carbons (Fsp3) is 0.611. The number of halogens is 2. The first-order valence-corrected chi connectivity index (χ1v) is 8.46. The Bertz CT molecular complexity index is 594. The molecule has 0 bridgehead atoms. The van der Waals surface area contributed by atoms with Gasteiger partial charge >= 0.3 is 0 Å². The van der Waals surface area contributed by atoms with Crippen molar-refractivity contribution in [2.75, 3.05) is 18.4 Å². The third-order valence-electron chi connectivity index (χ3n) is 4.54. The van der Waals surface area contributed by atoms with Crippen LogP contribution in [0.3, 0.4) is 0 Å². The minimum absolute atomic E-state index is 0. The number of amides is 2. The summed E-state index contributed by atoms with van der Waals surface area (Å²) in [7, 11) is 0. The van der Waals surface area contributed by atoms with E-state index in [1.807, 2.05) is 33.8 Å². The van der Waals surface area contributed by atoms with Crippen LogP contribution in [0.4, 0.5) is 5.82 Å². The first kappa shape index (κ1) is 24.6. The molecule has 0 saturated carbocycles. The van der Waals surface area contributed by atoms with Crippen molar-refractivity contribution < 1.29 is 9.59 Å². The molecule has 1 aliphatic heterocycles. The summed E-state index contributed by atoms with van der Waals surface area (Å²) in [6.07, 6.45) is 3.03. The lowest BCUT2D eigenvalue weighted by Crippen LogP contribution is -2.53. The average molecular weight is 405 g/mol. The Morgan fingerprint density at radius 2 is 1.81 bits per heavy atom. The largest absolute Gasteiger partial charge is 0.341 e. The zero-order chi connectivity index (χ0) is 17.9. The van der Waals surface area contributed by atoms with Crippen molar-refractivity contribution in [1.29, 1.82) is 0 Å². The normalized spacial score (nSPS) is 16.1. The summed E-state index contributed by atoms with van der Waals surface area (Å²) < 4.78 is 0. The number of anilines is 1. The highest BCUT2D eigenvalue weighted by Gasteiger charge is 2.34. The molecule has 0 spiro atoms. The van der Waals surface area contributed by atoms with E-state index in [9.17, 15) is 9.59 Å². The fourth-order valence-electron chi connectivity index (χ4n) is 2.70. The third kappa shape index (κ3) is 6.41. The summed E-state index contributed by atoms with van der Waals surface area (Å²) in [5, 5.41) is 2.85. The first-order valence-electron chi connectivity index (χ1n) is 8.46. The third-order valence-corrected chi connectivity index (χ3v) is 4.54. The smallest absolute Gasteiger partial charge is 0.240 e. The van der Waals surface area contributed by atoms with E-state index in [2.05, 4.69) is 10.3 Å². The summed E-state index contributed by atoms with van der Waals surface area (Å²) in [5.74, 6) is 0.419. The van der Waals surface area contributed by atoms with Crippen LogP contribution in [0.5, 0.6) is 0 Å². The number of nitrogens with zero attached hydrogens (tertiary/aromatic N) is 2. The van der Waals surface area contributed by atoms with Crippen molar-refractivity contribution in [2.24, 2.45) is 17.1 Å². The summed E-state index contributed by atoms with van der Waals surface area (Å²) in [5.41, 5.74) is 6.84. The van der Waals surface area contributed by atoms with E-state index in [1.54, 1.807) is 17.2 Å². The molecule has 1 aliphatic rings. The van der Waals surface area contributed by atoms with Crippen LogP contribution in [0, 0.1) is 18.3 Å². The van der Waals surface area contributed by atoms with Gasteiger partial charge in [0.25, 0.3) is 0 Å². The minimum Gasteiger partial charge on any atom is -0.341 e. The molecule has 26 heavy (non-hydrogen) atoms. The Morgan fingerprint density at radius 3 is 2.27 bits per heavy atom. The summed E-state index contributed by atoms with van der Waals surface area (Å²) in [6, 6.07) is 3.20. The van der Waals surface area contributed by atoms with E-state index < -0.39 is 6.04 Å². The summed E-state index contributed by atoms with van der Waals surface area (Å²) >= 11 is 0. The van der Waals surface area contributed by atoms with E-state index in [-0.39, 0.29) is 48.0 Å². The van der Waals surface area contributed by atoms with Crippen molar-refractivity contribution in [3.63, 3.8) is 0 Å². The Balaban J connectivity index is 0.00000312. The molecule has 2 heterocycles. The number of nitrogens with one attached hydrogen (secondary N) is 1. The molecule has 1 atom stereocenters.